The molecule has 10 heteroatoms. The number of nitrogens with zero attached hydrogens (tertiary/aromatic N) is 6. The second-order valence-electron chi connectivity index (χ2n) is 11.2. The molecule has 1 amide bonds. The number of benzene rings is 2. The number of carbonyl (C=O) groups is 1. The molecular formula is C32H30FN7O2. The largest absolute Gasteiger partial charge is 0.457 e. The van der Waals surface area contributed by atoms with Crippen LogP contribution in [0.15, 0.2) is 67.8 Å². The molecule has 1 aliphatic carbocycles. The van der Waals surface area contributed by atoms with E-state index < -0.39 is 5.82 Å². The van der Waals surface area contributed by atoms with Gasteiger partial charge in [0.05, 0.1) is 28.6 Å². The summed E-state index contributed by atoms with van der Waals surface area (Å²) in [6.45, 7) is 6.84. The lowest BCUT2D eigenvalue weighted by Gasteiger charge is -2.18. The molecule has 2 fully saturated rings. The van der Waals surface area contributed by atoms with Crippen LogP contribution < -0.4 is 10.1 Å². The van der Waals surface area contributed by atoms with Gasteiger partial charge in [-0.15, -0.1) is 0 Å². The third-order valence-electron chi connectivity index (χ3n) is 8.67. The molecule has 2 aromatic carbocycles. The molecular weight excluding hydrogens is 533 g/mol. The molecule has 4 heterocycles. The molecule has 7 rings (SSSR count). The van der Waals surface area contributed by atoms with Crippen molar-refractivity contribution >= 4 is 39.5 Å². The zero-order valence-corrected chi connectivity index (χ0v) is 23.4. The van der Waals surface area contributed by atoms with Crippen LogP contribution in [0.2, 0.25) is 0 Å². The highest BCUT2D eigenvalue weighted by Crippen LogP contribution is 2.46. The van der Waals surface area contributed by atoms with Gasteiger partial charge in [-0.25, -0.2) is 24.3 Å². The van der Waals surface area contributed by atoms with Gasteiger partial charge in [-0.05, 0) is 74.1 Å². The number of carbonyl (C=O) groups excluding carboxylic acids is 1. The van der Waals surface area contributed by atoms with E-state index in [9.17, 15) is 4.79 Å². The maximum atomic E-state index is 15.6. The first-order valence-electron chi connectivity index (χ1n) is 14.1. The number of ether oxygens (including phenoxy) is 1. The zero-order chi connectivity index (χ0) is 29.0. The molecule has 212 valence electrons. The Bertz CT molecular complexity index is 1860. The van der Waals surface area contributed by atoms with E-state index in [4.69, 9.17) is 9.72 Å². The first-order valence-corrected chi connectivity index (χ1v) is 14.1. The number of nitrogens with one attached hydrogen (secondary N) is 1. The van der Waals surface area contributed by atoms with Gasteiger partial charge in [0.1, 0.15) is 23.3 Å². The van der Waals surface area contributed by atoms with Crippen molar-refractivity contribution in [1.82, 2.24) is 29.4 Å². The second-order valence-corrected chi connectivity index (χ2v) is 11.2. The zero-order valence-electron chi connectivity index (χ0n) is 23.4. The standard InChI is InChI=1S/C32H30FN7O2/c1-4-29(41)40-14-20-11-19(12-21(20)15-40)23-6-7-25-31(37-23)32(35-16-34-25)38-24-8-10-28(18(2)30(24)33)42-22-5-9-27-26(13-22)36-17-39(27)3/h4-10,13,16-17,19-21H,1,11-12,14-15H2,2-3H3,(H,34,35,38)/t19-,20+,21?/m0/s1. The summed E-state index contributed by atoms with van der Waals surface area (Å²) in [5.74, 6) is 2.23. The fourth-order valence-electron chi connectivity index (χ4n) is 6.43. The van der Waals surface area contributed by atoms with Gasteiger partial charge in [0.2, 0.25) is 5.91 Å². The van der Waals surface area contributed by atoms with Gasteiger partial charge < -0.3 is 19.5 Å². The summed E-state index contributed by atoms with van der Waals surface area (Å²) >= 11 is 0. The SMILES string of the molecule is C=CC(=O)N1CC2C[C@@H](c3ccc4ncnc(Nc5ccc(Oc6ccc7c(c6)ncn7C)c(C)c5F)c4n3)C[C@@H]2C1. The molecule has 1 saturated carbocycles. The minimum atomic E-state index is -0.434. The fourth-order valence-corrected chi connectivity index (χ4v) is 6.43. The Morgan fingerprint density at radius 3 is 2.67 bits per heavy atom. The molecule has 1 aliphatic heterocycles. The van der Waals surface area contributed by atoms with Crippen LogP contribution in [0.4, 0.5) is 15.9 Å². The Morgan fingerprint density at radius 2 is 1.88 bits per heavy atom. The predicted octanol–water partition coefficient (Wildman–Crippen LogP) is 6.03. The molecule has 3 aromatic heterocycles. The lowest BCUT2D eigenvalue weighted by atomic mass is 10.0. The number of imidazole rings is 1. The monoisotopic (exact) mass is 563 g/mol. The van der Waals surface area contributed by atoms with Crippen molar-refractivity contribution in [3.8, 4) is 11.5 Å². The lowest BCUT2D eigenvalue weighted by Crippen LogP contribution is -2.27. The normalized spacial score (nSPS) is 19.8. The van der Waals surface area contributed by atoms with E-state index in [1.54, 1.807) is 25.4 Å². The highest BCUT2D eigenvalue weighted by atomic mass is 19.1. The van der Waals surface area contributed by atoms with Crippen LogP contribution in [0, 0.1) is 24.6 Å². The number of halogens is 1. The summed E-state index contributed by atoms with van der Waals surface area (Å²) in [5.41, 5.74) is 4.68. The number of hydrogen-bond donors (Lipinski definition) is 1. The lowest BCUT2D eigenvalue weighted by molar-refractivity contribution is -0.125. The summed E-state index contributed by atoms with van der Waals surface area (Å²) in [4.78, 5) is 32.1. The number of aromatic nitrogens is 5. The van der Waals surface area contributed by atoms with E-state index >= 15 is 4.39 Å². The number of likely N-dealkylation sites (tertiary alicyclic amines) is 1. The number of pyridine rings is 1. The predicted molar refractivity (Wildman–Crippen MR) is 158 cm³/mol. The van der Waals surface area contributed by atoms with E-state index in [0.717, 1.165) is 42.7 Å². The summed E-state index contributed by atoms with van der Waals surface area (Å²) < 4.78 is 23.6. The topological polar surface area (TPSA) is 98.1 Å². The average molecular weight is 564 g/mol. The highest BCUT2D eigenvalue weighted by molar-refractivity contribution is 5.88. The second kappa shape index (κ2) is 10.2. The molecule has 5 aromatic rings. The third-order valence-corrected chi connectivity index (χ3v) is 8.67. The van der Waals surface area contributed by atoms with Crippen LogP contribution in [0.25, 0.3) is 22.1 Å². The van der Waals surface area contributed by atoms with Crippen LogP contribution in [0.5, 0.6) is 11.5 Å². The fraction of sp³-hybridized carbons (Fsp3) is 0.281. The molecule has 3 atom stereocenters. The van der Waals surface area contributed by atoms with Gasteiger partial charge in [0, 0.05) is 43.4 Å². The summed E-state index contributed by atoms with van der Waals surface area (Å²) in [7, 11) is 1.93. The van der Waals surface area contributed by atoms with Crippen LogP contribution in [0.3, 0.4) is 0 Å². The van der Waals surface area contributed by atoms with Crippen molar-refractivity contribution < 1.29 is 13.9 Å². The molecule has 0 radical (unpaired) electrons. The molecule has 42 heavy (non-hydrogen) atoms. The molecule has 1 saturated heterocycles. The Hall–Kier alpha value is -4.86. The number of amides is 1. The quantitative estimate of drug-likeness (QED) is 0.252. The summed E-state index contributed by atoms with van der Waals surface area (Å²) in [6, 6.07) is 13.0. The molecule has 0 spiro atoms. The van der Waals surface area contributed by atoms with Crippen molar-refractivity contribution in [2.24, 2.45) is 18.9 Å². The van der Waals surface area contributed by atoms with Crippen LogP contribution in [0.1, 0.15) is 30.0 Å². The van der Waals surface area contributed by atoms with Gasteiger partial charge >= 0.3 is 0 Å². The van der Waals surface area contributed by atoms with Crippen molar-refractivity contribution in [3.05, 3.63) is 84.8 Å². The smallest absolute Gasteiger partial charge is 0.245 e. The highest BCUT2D eigenvalue weighted by Gasteiger charge is 2.42. The van der Waals surface area contributed by atoms with E-state index in [0.29, 0.717) is 51.7 Å². The number of anilines is 2. The molecule has 1 unspecified atom stereocenters. The van der Waals surface area contributed by atoms with E-state index in [2.05, 4.69) is 26.8 Å². The van der Waals surface area contributed by atoms with Crippen LogP contribution >= 0.6 is 0 Å². The average Bonchev–Trinajstić information content (AvgIpc) is 3.70. The van der Waals surface area contributed by atoms with Gasteiger partial charge in [-0.2, -0.15) is 0 Å². The number of hydrogen-bond acceptors (Lipinski definition) is 7. The van der Waals surface area contributed by atoms with E-state index in [1.165, 1.54) is 12.4 Å². The van der Waals surface area contributed by atoms with Gasteiger partial charge in [0.15, 0.2) is 11.6 Å². The number of rotatable bonds is 6. The van der Waals surface area contributed by atoms with Crippen LogP contribution in [-0.2, 0) is 11.8 Å². The maximum absolute atomic E-state index is 15.6. The number of fused-ring (bicyclic) bond motifs is 3. The van der Waals surface area contributed by atoms with Crippen LogP contribution in [-0.4, -0.2) is 48.4 Å². The van der Waals surface area contributed by atoms with Crippen molar-refractivity contribution in [2.75, 3.05) is 18.4 Å². The van der Waals surface area contributed by atoms with Gasteiger partial charge in [-0.1, -0.05) is 6.58 Å². The third kappa shape index (κ3) is 4.52. The maximum Gasteiger partial charge on any atom is 0.245 e. The molecule has 9 nitrogen and oxygen atoms in total. The first kappa shape index (κ1) is 26.1. The minimum absolute atomic E-state index is 0.00527. The van der Waals surface area contributed by atoms with Gasteiger partial charge in [0.25, 0.3) is 0 Å². The number of aryl methyl sites for hydroxylation is 1. The first-order chi connectivity index (χ1) is 20.4. The van der Waals surface area contributed by atoms with Gasteiger partial charge in [-0.3, -0.25) is 4.79 Å². The Balaban J connectivity index is 1.11. The Morgan fingerprint density at radius 1 is 1.07 bits per heavy atom. The Kier molecular flexibility index (Phi) is 6.33. The summed E-state index contributed by atoms with van der Waals surface area (Å²) in [6.07, 6.45) is 6.54. The summed E-state index contributed by atoms with van der Waals surface area (Å²) in [5, 5.41) is 3.15. The Labute approximate surface area is 242 Å². The van der Waals surface area contributed by atoms with Crippen molar-refractivity contribution in [2.45, 2.75) is 25.7 Å². The molecule has 1 N–H and O–H groups in total. The van der Waals surface area contributed by atoms with Crippen molar-refractivity contribution in [1.29, 1.82) is 0 Å². The minimum Gasteiger partial charge on any atom is -0.457 e. The van der Waals surface area contributed by atoms with E-state index in [1.807, 2.05) is 46.8 Å². The van der Waals surface area contributed by atoms with Crippen molar-refractivity contribution in [3.63, 3.8) is 0 Å². The molecule has 2 aliphatic rings. The van der Waals surface area contributed by atoms with E-state index in [-0.39, 0.29) is 11.6 Å². The molecule has 0 bridgehead atoms.